The maximum Gasteiger partial charge on any atom is 0.0855 e. The second kappa shape index (κ2) is 3.49. The molecule has 0 fully saturated rings. The first-order valence-electron chi connectivity index (χ1n) is 3.84. The molecule has 0 saturated heterocycles. The zero-order valence-electron chi connectivity index (χ0n) is 6.96. The summed E-state index contributed by atoms with van der Waals surface area (Å²) in [6, 6.07) is 3.99. The van der Waals surface area contributed by atoms with Crippen molar-refractivity contribution in [1.82, 2.24) is 4.98 Å². The van der Waals surface area contributed by atoms with Crippen molar-refractivity contribution in [2.45, 2.75) is 26.9 Å². The molecule has 0 aliphatic rings. The smallest absolute Gasteiger partial charge is 0.0855 e. The van der Waals surface area contributed by atoms with E-state index in [0.717, 1.165) is 23.4 Å². The Hall–Kier alpha value is -0.890. The zero-order valence-corrected chi connectivity index (χ0v) is 6.96. The normalized spacial score (nSPS) is 10.1. The minimum Gasteiger partial charge on any atom is -0.390 e. The number of nitrogens with zero attached hydrogens (tertiary/aromatic N) is 1. The van der Waals surface area contributed by atoms with Gasteiger partial charge in [-0.2, -0.15) is 0 Å². The van der Waals surface area contributed by atoms with Gasteiger partial charge in [0.05, 0.1) is 12.3 Å². The highest BCUT2D eigenvalue weighted by molar-refractivity contribution is 5.21. The lowest BCUT2D eigenvalue weighted by Crippen LogP contribution is -1.97. The molecule has 1 rings (SSSR count). The molecule has 0 bridgehead atoms. The van der Waals surface area contributed by atoms with Crippen LogP contribution < -0.4 is 0 Å². The van der Waals surface area contributed by atoms with E-state index >= 15 is 0 Å². The van der Waals surface area contributed by atoms with Crippen molar-refractivity contribution >= 4 is 0 Å². The molecule has 1 aromatic heterocycles. The van der Waals surface area contributed by atoms with E-state index in [9.17, 15) is 0 Å². The van der Waals surface area contributed by atoms with Crippen molar-refractivity contribution in [2.75, 3.05) is 0 Å². The van der Waals surface area contributed by atoms with Crippen LogP contribution in [-0.2, 0) is 13.0 Å². The zero-order chi connectivity index (χ0) is 8.27. The van der Waals surface area contributed by atoms with Crippen LogP contribution in [0, 0.1) is 6.92 Å². The standard InChI is InChI=1S/C9H13NO/c1-3-8-5-4-7(2)10-9(8)6-11/h4-5,11H,3,6H2,1-2H3. The van der Waals surface area contributed by atoms with Gasteiger partial charge in [0.2, 0.25) is 0 Å². The summed E-state index contributed by atoms with van der Waals surface area (Å²) in [7, 11) is 0. The Bertz CT molecular complexity index is 245. The van der Waals surface area contributed by atoms with Crippen LogP contribution in [0.3, 0.4) is 0 Å². The molecule has 2 heteroatoms. The Labute approximate surface area is 66.9 Å². The predicted octanol–water partition coefficient (Wildman–Crippen LogP) is 1.44. The highest BCUT2D eigenvalue weighted by Gasteiger charge is 1.99. The molecule has 0 spiro atoms. The number of aliphatic hydroxyl groups is 1. The number of aryl methyl sites for hydroxylation is 2. The number of aliphatic hydroxyl groups excluding tert-OH is 1. The first kappa shape index (κ1) is 8.21. The van der Waals surface area contributed by atoms with Crippen LogP contribution in [0.4, 0.5) is 0 Å². The van der Waals surface area contributed by atoms with E-state index in [1.165, 1.54) is 0 Å². The summed E-state index contributed by atoms with van der Waals surface area (Å²) < 4.78 is 0. The highest BCUT2D eigenvalue weighted by atomic mass is 16.3. The summed E-state index contributed by atoms with van der Waals surface area (Å²) in [5.74, 6) is 0. The molecular weight excluding hydrogens is 138 g/mol. The molecule has 0 saturated carbocycles. The van der Waals surface area contributed by atoms with Crippen molar-refractivity contribution in [3.63, 3.8) is 0 Å². The Kier molecular flexibility index (Phi) is 2.60. The summed E-state index contributed by atoms with van der Waals surface area (Å²) >= 11 is 0. The van der Waals surface area contributed by atoms with Gasteiger partial charge in [-0.3, -0.25) is 4.98 Å². The van der Waals surface area contributed by atoms with E-state index in [2.05, 4.69) is 11.9 Å². The van der Waals surface area contributed by atoms with Gasteiger partial charge >= 0.3 is 0 Å². The molecule has 11 heavy (non-hydrogen) atoms. The van der Waals surface area contributed by atoms with Crippen molar-refractivity contribution in [3.8, 4) is 0 Å². The average molecular weight is 151 g/mol. The third kappa shape index (κ3) is 1.77. The van der Waals surface area contributed by atoms with Gasteiger partial charge in [-0.15, -0.1) is 0 Å². The highest BCUT2D eigenvalue weighted by Crippen LogP contribution is 2.07. The monoisotopic (exact) mass is 151 g/mol. The fourth-order valence-electron chi connectivity index (χ4n) is 1.10. The van der Waals surface area contributed by atoms with Gasteiger partial charge in [-0.05, 0) is 25.0 Å². The van der Waals surface area contributed by atoms with E-state index in [0.29, 0.717) is 0 Å². The molecule has 0 aliphatic carbocycles. The molecule has 0 amide bonds. The van der Waals surface area contributed by atoms with Gasteiger partial charge in [0.1, 0.15) is 0 Å². The fourth-order valence-corrected chi connectivity index (χ4v) is 1.10. The second-order valence-corrected chi connectivity index (χ2v) is 2.57. The topological polar surface area (TPSA) is 33.1 Å². The summed E-state index contributed by atoms with van der Waals surface area (Å²) in [6.45, 7) is 4.04. The van der Waals surface area contributed by atoms with E-state index in [-0.39, 0.29) is 6.61 Å². The molecule has 0 unspecified atom stereocenters. The van der Waals surface area contributed by atoms with E-state index in [4.69, 9.17) is 5.11 Å². The van der Waals surface area contributed by atoms with Crippen LogP contribution in [0.25, 0.3) is 0 Å². The SMILES string of the molecule is CCc1ccc(C)nc1CO. The number of hydrogen-bond acceptors (Lipinski definition) is 2. The molecule has 60 valence electrons. The van der Waals surface area contributed by atoms with Crippen LogP contribution >= 0.6 is 0 Å². The second-order valence-electron chi connectivity index (χ2n) is 2.57. The molecule has 0 atom stereocenters. The average Bonchev–Trinajstić information content (AvgIpc) is 2.04. The fraction of sp³-hybridized carbons (Fsp3) is 0.444. The molecule has 1 aromatic rings. The number of pyridine rings is 1. The molecule has 0 radical (unpaired) electrons. The van der Waals surface area contributed by atoms with Crippen molar-refractivity contribution in [1.29, 1.82) is 0 Å². The lowest BCUT2D eigenvalue weighted by atomic mass is 10.1. The largest absolute Gasteiger partial charge is 0.390 e. The van der Waals surface area contributed by atoms with Gasteiger partial charge in [0.15, 0.2) is 0 Å². The summed E-state index contributed by atoms with van der Waals surface area (Å²) in [5.41, 5.74) is 2.91. The maximum absolute atomic E-state index is 8.91. The first-order chi connectivity index (χ1) is 5.27. The van der Waals surface area contributed by atoms with Crippen LogP contribution in [0.5, 0.6) is 0 Å². The van der Waals surface area contributed by atoms with Gasteiger partial charge in [0.25, 0.3) is 0 Å². The maximum atomic E-state index is 8.91. The van der Waals surface area contributed by atoms with Crippen LogP contribution in [0.15, 0.2) is 12.1 Å². The number of aromatic nitrogens is 1. The van der Waals surface area contributed by atoms with Gasteiger partial charge in [-0.1, -0.05) is 13.0 Å². The lowest BCUT2D eigenvalue weighted by Gasteiger charge is -2.03. The molecule has 0 aliphatic heterocycles. The predicted molar refractivity (Wildman–Crippen MR) is 44.3 cm³/mol. The summed E-state index contributed by atoms with van der Waals surface area (Å²) in [5, 5.41) is 8.91. The van der Waals surface area contributed by atoms with E-state index < -0.39 is 0 Å². The Balaban J connectivity index is 3.06. The molecular formula is C9H13NO. The van der Waals surface area contributed by atoms with Gasteiger partial charge in [-0.25, -0.2) is 0 Å². The molecule has 1 heterocycles. The summed E-state index contributed by atoms with van der Waals surface area (Å²) in [6.07, 6.45) is 0.934. The Morgan fingerprint density at radius 3 is 2.73 bits per heavy atom. The van der Waals surface area contributed by atoms with Crippen molar-refractivity contribution < 1.29 is 5.11 Å². The Morgan fingerprint density at radius 2 is 2.18 bits per heavy atom. The molecule has 0 aromatic carbocycles. The van der Waals surface area contributed by atoms with Crippen molar-refractivity contribution in [2.24, 2.45) is 0 Å². The molecule has 2 nitrogen and oxygen atoms in total. The van der Waals surface area contributed by atoms with Crippen molar-refractivity contribution in [3.05, 3.63) is 29.1 Å². The lowest BCUT2D eigenvalue weighted by molar-refractivity contribution is 0.275. The first-order valence-corrected chi connectivity index (χ1v) is 3.84. The van der Waals surface area contributed by atoms with Crippen LogP contribution in [0.1, 0.15) is 23.9 Å². The molecule has 1 N–H and O–H groups in total. The Morgan fingerprint density at radius 1 is 1.45 bits per heavy atom. The third-order valence-corrected chi connectivity index (χ3v) is 1.74. The van der Waals surface area contributed by atoms with Gasteiger partial charge in [0, 0.05) is 5.69 Å². The quantitative estimate of drug-likeness (QED) is 0.693. The minimum absolute atomic E-state index is 0.0465. The third-order valence-electron chi connectivity index (χ3n) is 1.74. The minimum atomic E-state index is 0.0465. The number of hydrogen-bond donors (Lipinski definition) is 1. The number of rotatable bonds is 2. The summed E-state index contributed by atoms with van der Waals surface area (Å²) in [4.78, 5) is 4.21. The van der Waals surface area contributed by atoms with Gasteiger partial charge < -0.3 is 5.11 Å². The van der Waals surface area contributed by atoms with E-state index in [1.807, 2.05) is 19.1 Å². The van der Waals surface area contributed by atoms with Crippen LogP contribution in [-0.4, -0.2) is 10.1 Å². The van der Waals surface area contributed by atoms with Crippen LogP contribution in [0.2, 0.25) is 0 Å². The van der Waals surface area contributed by atoms with E-state index in [1.54, 1.807) is 0 Å².